The van der Waals surface area contributed by atoms with Gasteiger partial charge in [-0.1, -0.05) is 26.2 Å². The maximum atomic E-state index is 14.4. The number of nitrogens with one attached hydrogen (secondary N) is 2. The van der Waals surface area contributed by atoms with Crippen LogP contribution in [0.25, 0.3) is 0 Å². The van der Waals surface area contributed by atoms with E-state index in [1.54, 1.807) is 4.90 Å². The van der Waals surface area contributed by atoms with Gasteiger partial charge in [0, 0.05) is 25.6 Å². The average Bonchev–Trinajstić information content (AvgIpc) is 3.09. The second-order valence-electron chi connectivity index (χ2n) is 9.46. The molecule has 4 aliphatic rings. The number of hydrogen-bond donors (Lipinski definition) is 2. The molecule has 0 bridgehead atoms. The van der Waals surface area contributed by atoms with Crippen LogP contribution in [-0.4, -0.2) is 54.6 Å². The number of amides is 2. The average molecular weight is 380 g/mol. The number of fused-ring (bicyclic) bond motifs is 2. The van der Waals surface area contributed by atoms with E-state index < -0.39 is 12.2 Å². The summed E-state index contributed by atoms with van der Waals surface area (Å²) in [4.78, 5) is 27.8. The van der Waals surface area contributed by atoms with Gasteiger partial charge >= 0.3 is 0 Å². The molecular weight excluding hydrogens is 345 g/mol. The van der Waals surface area contributed by atoms with Crippen molar-refractivity contribution in [3.63, 3.8) is 0 Å². The Balaban J connectivity index is 1.46. The van der Waals surface area contributed by atoms with Gasteiger partial charge in [0.2, 0.25) is 11.8 Å². The van der Waals surface area contributed by atoms with Crippen LogP contribution in [-0.2, 0) is 9.59 Å². The quantitative estimate of drug-likeness (QED) is 0.774. The van der Waals surface area contributed by atoms with Crippen LogP contribution in [0.3, 0.4) is 0 Å². The van der Waals surface area contributed by atoms with Gasteiger partial charge in [-0.15, -0.1) is 0 Å². The van der Waals surface area contributed by atoms with Gasteiger partial charge in [0.25, 0.3) is 0 Å². The van der Waals surface area contributed by atoms with Gasteiger partial charge in [0.1, 0.15) is 12.2 Å². The smallest absolute Gasteiger partial charge is 0.245 e. The van der Waals surface area contributed by atoms with Crippen molar-refractivity contribution in [2.45, 2.75) is 82.6 Å². The molecular formula is C21H34FN3O2. The van der Waals surface area contributed by atoms with Crippen LogP contribution < -0.4 is 10.6 Å². The molecule has 2 amide bonds. The minimum absolute atomic E-state index is 0.0462. The molecule has 0 aromatic carbocycles. The molecule has 2 aliphatic carbocycles. The molecule has 4 fully saturated rings. The lowest BCUT2D eigenvalue weighted by Crippen LogP contribution is -2.55. The summed E-state index contributed by atoms with van der Waals surface area (Å²) >= 11 is 0. The molecule has 6 heteroatoms. The summed E-state index contributed by atoms with van der Waals surface area (Å²) < 4.78 is 14.4. The van der Waals surface area contributed by atoms with E-state index in [0.29, 0.717) is 24.7 Å². The Morgan fingerprint density at radius 1 is 1.15 bits per heavy atom. The van der Waals surface area contributed by atoms with Crippen molar-refractivity contribution >= 4 is 11.8 Å². The molecule has 8 atom stereocenters. The lowest BCUT2D eigenvalue weighted by atomic mass is 9.74. The van der Waals surface area contributed by atoms with Gasteiger partial charge in [0.15, 0.2) is 0 Å². The third-order valence-electron chi connectivity index (χ3n) is 7.83. The number of halogens is 1. The van der Waals surface area contributed by atoms with E-state index in [4.69, 9.17) is 0 Å². The Morgan fingerprint density at radius 3 is 2.70 bits per heavy atom. The van der Waals surface area contributed by atoms with Crippen molar-refractivity contribution in [3.8, 4) is 0 Å². The number of carbonyl (C=O) groups is 2. The van der Waals surface area contributed by atoms with E-state index in [1.165, 1.54) is 6.42 Å². The molecule has 8 unspecified atom stereocenters. The Kier molecular flexibility index (Phi) is 5.45. The Bertz CT molecular complexity index is 568. The first-order valence-electron chi connectivity index (χ1n) is 10.9. The molecule has 2 saturated heterocycles. The molecule has 4 rings (SSSR count). The zero-order chi connectivity index (χ0) is 19.1. The Labute approximate surface area is 161 Å². The monoisotopic (exact) mass is 379 g/mol. The van der Waals surface area contributed by atoms with Crippen LogP contribution in [0.5, 0.6) is 0 Å². The van der Waals surface area contributed by atoms with Crippen LogP contribution in [0.4, 0.5) is 4.39 Å². The third kappa shape index (κ3) is 3.62. The summed E-state index contributed by atoms with van der Waals surface area (Å²) in [5.74, 6) is 1.03. The molecule has 0 spiro atoms. The summed E-state index contributed by atoms with van der Waals surface area (Å²) in [5.41, 5.74) is 0. The summed E-state index contributed by atoms with van der Waals surface area (Å²) in [5, 5.41) is 6.50. The summed E-state index contributed by atoms with van der Waals surface area (Å²) in [6.45, 7) is 2.92. The second-order valence-corrected chi connectivity index (χ2v) is 9.46. The first-order chi connectivity index (χ1) is 13.0. The topological polar surface area (TPSA) is 61.4 Å². The van der Waals surface area contributed by atoms with Crippen LogP contribution in [0.1, 0.15) is 58.3 Å². The lowest BCUT2D eigenvalue weighted by molar-refractivity contribution is -0.137. The van der Waals surface area contributed by atoms with Gasteiger partial charge in [0.05, 0.1) is 6.04 Å². The van der Waals surface area contributed by atoms with Crippen molar-refractivity contribution in [3.05, 3.63) is 0 Å². The van der Waals surface area contributed by atoms with E-state index >= 15 is 0 Å². The molecule has 2 heterocycles. The third-order valence-corrected chi connectivity index (χ3v) is 7.83. The molecule has 27 heavy (non-hydrogen) atoms. The standard InChI is InChI=1S/C21H34FN3O2/c1-12-7-8-16(22)15-11-17(23-18(12)15)20(26)24-19-14-6-4-3-5-13(14)9-10-25(2)21(19)27/h12-19,23H,3-11H2,1-2H3,(H,24,26). The van der Waals surface area contributed by atoms with Gasteiger partial charge in [-0.2, -0.15) is 0 Å². The van der Waals surface area contributed by atoms with Crippen LogP contribution in [0.2, 0.25) is 0 Å². The molecule has 2 aliphatic heterocycles. The normalized spacial score (nSPS) is 45.0. The minimum Gasteiger partial charge on any atom is -0.344 e. The summed E-state index contributed by atoms with van der Waals surface area (Å²) in [6, 6.07) is -0.708. The van der Waals surface area contributed by atoms with E-state index in [-0.39, 0.29) is 35.7 Å². The van der Waals surface area contributed by atoms with E-state index in [1.807, 2.05) is 7.05 Å². The maximum Gasteiger partial charge on any atom is 0.245 e. The molecule has 152 valence electrons. The summed E-state index contributed by atoms with van der Waals surface area (Å²) in [7, 11) is 1.84. The number of likely N-dealkylation sites (N-methyl/N-ethyl adjacent to an activating group) is 1. The van der Waals surface area contributed by atoms with Gasteiger partial charge in [-0.25, -0.2) is 4.39 Å². The van der Waals surface area contributed by atoms with Crippen molar-refractivity contribution in [1.29, 1.82) is 0 Å². The summed E-state index contributed by atoms with van der Waals surface area (Å²) in [6.07, 6.45) is 6.78. The van der Waals surface area contributed by atoms with Crippen LogP contribution in [0, 0.1) is 23.7 Å². The first kappa shape index (κ1) is 19.2. The zero-order valence-corrected chi connectivity index (χ0v) is 16.6. The van der Waals surface area contributed by atoms with Crippen molar-refractivity contribution in [2.75, 3.05) is 13.6 Å². The minimum atomic E-state index is -0.815. The molecule has 2 N–H and O–H groups in total. The van der Waals surface area contributed by atoms with Crippen LogP contribution in [0.15, 0.2) is 0 Å². The fourth-order valence-corrected chi connectivity index (χ4v) is 6.15. The van der Waals surface area contributed by atoms with Crippen molar-refractivity contribution in [2.24, 2.45) is 23.7 Å². The molecule has 2 saturated carbocycles. The number of nitrogens with zero attached hydrogens (tertiary/aromatic N) is 1. The highest BCUT2D eigenvalue weighted by molar-refractivity contribution is 5.90. The number of hydrogen-bond acceptors (Lipinski definition) is 3. The Hall–Kier alpha value is -1.17. The number of alkyl halides is 1. The largest absolute Gasteiger partial charge is 0.344 e. The van der Waals surface area contributed by atoms with Gasteiger partial charge < -0.3 is 15.5 Å². The van der Waals surface area contributed by atoms with E-state index in [2.05, 4.69) is 17.6 Å². The first-order valence-corrected chi connectivity index (χ1v) is 10.9. The van der Waals surface area contributed by atoms with Crippen molar-refractivity contribution in [1.82, 2.24) is 15.5 Å². The van der Waals surface area contributed by atoms with E-state index in [0.717, 1.165) is 38.6 Å². The highest BCUT2D eigenvalue weighted by atomic mass is 19.1. The molecule has 5 nitrogen and oxygen atoms in total. The fourth-order valence-electron chi connectivity index (χ4n) is 6.15. The SMILES string of the molecule is CC1CCC(F)C2CC(C(=O)NC3C(=O)N(C)CCC4CCCCC43)NC12. The predicted octanol–water partition coefficient (Wildman–Crippen LogP) is 2.25. The maximum absolute atomic E-state index is 14.4. The Morgan fingerprint density at radius 2 is 1.93 bits per heavy atom. The second kappa shape index (κ2) is 7.69. The van der Waals surface area contributed by atoms with E-state index in [9.17, 15) is 14.0 Å². The van der Waals surface area contributed by atoms with Gasteiger partial charge in [-0.05, 0) is 49.9 Å². The lowest BCUT2D eigenvalue weighted by Gasteiger charge is -2.35. The highest BCUT2D eigenvalue weighted by Gasteiger charge is 2.48. The molecule has 0 aromatic heterocycles. The highest BCUT2D eigenvalue weighted by Crippen LogP contribution is 2.40. The number of carbonyl (C=O) groups excluding carboxylic acids is 2. The van der Waals surface area contributed by atoms with Gasteiger partial charge in [-0.3, -0.25) is 9.59 Å². The molecule has 0 aromatic rings. The zero-order valence-electron chi connectivity index (χ0n) is 16.6. The number of likely N-dealkylation sites (tertiary alicyclic amines) is 1. The van der Waals surface area contributed by atoms with Crippen molar-refractivity contribution < 1.29 is 14.0 Å². The number of rotatable bonds is 2. The molecule has 0 radical (unpaired) electrons. The van der Waals surface area contributed by atoms with Crippen LogP contribution >= 0.6 is 0 Å². The predicted molar refractivity (Wildman–Crippen MR) is 102 cm³/mol. The fraction of sp³-hybridized carbons (Fsp3) is 0.905.